The number of nitrogens with zero attached hydrogens (tertiary/aromatic N) is 4. The number of rotatable bonds is 7. The van der Waals surface area contributed by atoms with Gasteiger partial charge in [-0.25, -0.2) is 4.98 Å². The first-order chi connectivity index (χ1) is 18.3. The van der Waals surface area contributed by atoms with Gasteiger partial charge in [-0.1, -0.05) is 23.7 Å². The van der Waals surface area contributed by atoms with Crippen LogP contribution in [0, 0.1) is 0 Å². The quantitative estimate of drug-likeness (QED) is 0.219. The van der Waals surface area contributed by atoms with Crippen LogP contribution in [0.25, 0.3) is 33.9 Å². The summed E-state index contributed by atoms with van der Waals surface area (Å²) >= 11 is 0. The maximum atomic E-state index is 9.30. The summed E-state index contributed by atoms with van der Waals surface area (Å²) in [5, 5.41) is 12.8. The topological polar surface area (TPSA) is 86.6 Å². The van der Waals surface area contributed by atoms with Crippen LogP contribution in [0.1, 0.15) is 36.8 Å². The maximum Gasteiger partial charge on any atom is 0.138 e. The van der Waals surface area contributed by atoms with Gasteiger partial charge in [0.15, 0.2) is 0 Å². The number of pyridine rings is 1. The normalized spacial score (nSPS) is 16.3. The van der Waals surface area contributed by atoms with Gasteiger partial charge in [-0.05, 0) is 86.8 Å². The number of aryl methyl sites for hydroxylation is 1. The number of aromatic nitrogens is 3. The number of halogens is 1. The molecule has 3 heterocycles. The molecule has 0 atom stereocenters. The summed E-state index contributed by atoms with van der Waals surface area (Å²) in [7, 11) is 0. The molecule has 2 aromatic carbocycles. The van der Waals surface area contributed by atoms with E-state index in [1.807, 2.05) is 30.3 Å². The highest BCUT2D eigenvalue weighted by atomic mass is 35.5. The molecule has 1 fully saturated rings. The molecule has 1 aliphatic carbocycles. The van der Waals surface area contributed by atoms with Crippen LogP contribution in [0.5, 0.6) is 5.75 Å². The molecule has 2 N–H and O–H groups in total. The minimum atomic E-state index is 0. The average molecular weight is 530 g/mol. The van der Waals surface area contributed by atoms with Crippen LogP contribution in [0.2, 0.25) is 0 Å². The van der Waals surface area contributed by atoms with Crippen molar-refractivity contribution in [3.63, 3.8) is 0 Å². The van der Waals surface area contributed by atoms with Gasteiger partial charge < -0.3 is 14.9 Å². The van der Waals surface area contributed by atoms with Gasteiger partial charge in [-0.3, -0.25) is 9.88 Å². The number of aromatic amines is 1. The first kappa shape index (κ1) is 25.9. The number of imidazole rings is 1. The monoisotopic (exact) mass is 529 g/mol. The Morgan fingerprint density at radius 3 is 2.42 bits per heavy atom. The fourth-order valence-electron chi connectivity index (χ4n) is 5.35. The highest BCUT2D eigenvalue weighted by Crippen LogP contribution is 2.35. The third-order valence-electron chi connectivity index (χ3n) is 7.37. The molecule has 0 unspecified atom stereocenters. The molecule has 0 spiro atoms. The number of nitrogens with one attached hydrogen (secondary N) is 1. The van der Waals surface area contributed by atoms with Crippen molar-refractivity contribution in [2.75, 3.05) is 26.2 Å². The Morgan fingerprint density at radius 1 is 0.895 bits per heavy atom. The fraction of sp³-hybridized carbons (Fsp3) is 0.300. The zero-order valence-electron chi connectivity index (χ0n) is 21.3. The number of H-pyrrole nitrogens is 1. The zero-order chi connectivity index (χ0) is 25.0. The van der Waals surface area contributed by atoms with E-state index in [2.05, 4.69) is 44.3 Å². The van der Waals surface area contributed by atoms with E-state index in [-0.39, 0.29) is 12.4 Å². The van der Waals surface area contributed by atoms with E-state index in [0.717, 1.165) is 70.3 Å². The number of likely N-dealkylation sites (tertiary alicyclic amines) is 1. The molecule has 6 rings (SSSR count). The molecule has 2 aliphatic rings. The van der Waals surface area contributed by atoms with E-state index in [9.17, 15) is 5.21 Å². The van der Waals surface area contributed by atoms with Crippen molar-refractivity contribution >= 4 is 18.1 Å². The van der Waals surface area contributed by atoms with Crippen molar-refractivity contribution in [2.45, 2.75) is 32.1 Å². The highest BCUT2D eigenvalue weighted by molar-refractivity contribution is 6.04. The molecule has 2 aromatic heterocycles. The van der Waals surface area contributed by atoms with Crippen molar-refractivity contribution in [1.82, 2.24) is 19.9 Å². The van der Waals surface area contributed by atoms with Crippen LogP contribution in [-0.4, -0.2) is 57.0 Å². The Balaban J connectivity index is 0.00000294. The lowest BCUT2D eigenvalue weighted by Gasteiger charge is -2.26. The van der Waals surface area contributed by atoms with Crippen LogP contribution >= 0.6 is 12.4 Å². The van der Waals surface area contributed by atoms with Gasteiger partial charge in [-0.2, -0.15) is 0 Å². The van der Waals surface area contributed by atoms with Gasteiger partial charge in [0.2, 0.25) is 0 Å². The summed E-state index contributed by atoms with van der Waals surface area (Å²) in [6, 6.07) is 18.4. The number of hydrogen-bond acceptors (Lipinski definition) is 6. The Bertz CT molecular complexity index is 1400. The molecular formula is C30H32ClN5O2. The Morgan fingerprint density at radius 2 is 1.66 bits per heavy atom. The highest BCUT2D eigenvalue weighted by Gasteiger charge is 2.21. The molecule has 38 heavy (non-hydrogen) atoms. The van der Waals surface area contributed by atoms with Crippen molar-refractivity contribution in [3.05, 3.63) is 78.1 Å². The first-order valence-corrected chi connectivity index (χ1v) is 13.1. The van der Waals surface area contributed by atoms with Gasteiger partial charge in [0, 0.05) is 41.2 Å². The lowest BCUT2D eigenvalue weighted by molar-refractivity contribution is 0.183. The number of ether oxygens (including phenoxy) is 1. The molecule has 7 nitrogen and oxygen atoms in total. The van der Waals surface area contributed by atoms with Crippen LogP contribution in [0.15, 0.2) is 72.1 Å². The van der Waals surface area contributed by atoms with E-state index in [4.69, 9.17) is 9.72 Å². The molecule has 8 heteroatoms. The SMILES string of the molecule is Cl.O/N=C1\CCc2cc(-c3nc(-c4ccc(OCCN5CCCCC5)cc4)[nH]c3-c3ccncc3)ccc21. The molecule has 1 aliphatic heterocycles. The third kappa shape index (κ3) is 5.44. The Kier molecular flexibility index (Phi) is 8.05. The smallest absolute Gasteiger partial charge is 0.138 e. The van der Waals surface area contributed by atoms with Crippen LogP contribution in [0.3, 0.4) is 0 Å². The maximum absolute atomic E-state index is 9.30. The summed E-state index contributed by atoms with van der Waals surface area (Å²) in [5.41, 5.74) is 7.85. The fourth-order valence-corrected chi connectivity index (χ4v) is 5.35. The van der Waals surface area contributed by atoms with Crippen LogP contribution < -0.4 is 4.74 Å². The molecule has 196 valence electrons. The van der Waals surface area contributed by atoms with E-state index in [1.165, 1.54) is 37.9 Å². The molecular weight excluding hydrogens is 498 g/mol. The van der Waals surface area contributed by atoms with Crippen LogP contribution in [-0.2, 0) is 6.42 Å². The minimum Gasteiger partial charge on any atom is -0.492 e. The number of piperidine rings is 1. The standard InChI is InChI=1S/C30H31N5O2.ClH/c36-34-27-11-7-23-20-24(6-10-26(23)27)29-28(21-12-14-31-15-13-21)32-30(33-29)22-4-8-25(9-5-22)37-19-18-35-16-2-1-3-17-35;/h4-6,8-10,12-15,20,36H,1-3,7,11,16-19H2,(H,32,33);1H/b34-27+;. The Hall–Kier alpha value is -3.68. The van der Waals surface area contributed by atoms with Crippen molar-refractivity contribution < 1.29 is 9.94 Å². The summed E-state index contributed by atoms with van der Waals surface area (Å²) < 4.78 is 6.02. The van der Waals surface area contributed by atoms with Gasteiger partial charge in [0.25, 0.3) is 0 Å². The second kappa shape index (κ2) is 11.8. The predicted molar refractivity (Wildman–Crippen MR) is 152 cm³/mol. The number of fused-ring (bicyclic) bond motifs is 1. The molecule has 4 aromatic rings. The van der Waals surface area contributed by atoms with E-state index < -0.39 is 0 Å². The number of hydrogen-bond donors (Lipinski definition) is 2. The molecule has 0 amide bonds. The van der Waals surface area contributed by atoms with Gasteiger partial charge in [-0.15, -0.1) is 12.4 Å². The Labute approximate surface area is 229 Å². The number of benzene rings is 2. The molecule has 0 bridgehead atoms. The summed E-state index contributed by atoms with van der Waals surface area (Å²) in [4.78, 5) is 15.3. The lowest BCUT2D eigenvalue weighted by atomic mass is 10.0. The summed E-state index contributed by atoms with van der Waals surface area (Å²) in [6.07, 6.45) is 9.15. The van der Waals surface area contributed by atoms with Gasteiger partial charge in [0.05, 0.1) is 17.1 Å². The van der Waals surface area contributed by atoms with Crippen molar-refractivity contribution in [1.29, 1.82) is 0 Å². The average Bonchev–Trinajstić information content (AvgIpc) is 3.59. The summed E-state index contributed by atoms with van der Waals surface area (Å²) in [5.74, 6) is 1.68. The second-order valence-corrected chi connectivity index (χ2v) is 9.74. The van der Waals surface area contributed by atoms with E-state index >= 15 is 0 Å². The van der Waals surface area contributed by atoms with Crippen molar-refractivity contribution in [3.8, 4) is 39.7 Å². The first-order valence-electron chi connectivity index (χ1n) is 13.1. The predicted octanol–water partition coefficient (Wildman–Crippen LogP) is 6.22. The van der Waals surface area contributed by atoms with E-state index in [1.54, 1.807) is 12.4 Å². The minimum absolute atomic E-state index is 0. The third-order valence-corrected chi connectivity index (χ3v) is 7.37. The van der Waals surface area contributed by atoms with Gasteiger partial charge in [0.1, 0.15) is 18.2 Å². The van der Waals surface area contributed by atoms with Crippen LogP contribution in [0.4, 0.5) is 0 Å². The zero-order valence-corrected chi connectivity index (χ0v) is 22.1. The van der Waals surface area contributed by atoms with E-state index in [0.29, 0.717) is 6.61 Å². The number of oxime groups is 1. The second-order valence-electron chi connectivity index (χ2n) is 9.74. The van der Waals surface area contributed by atoms with Gasteiger partial charge >= 0.3 is 0 Å². The van der Waals surface area contributed by atoms with Crippen molar-refractivity contribution in [2.24, 2.45) is 5.16 Å². The molecule has 0 saturated carbocycles. The largest absolute Gasteiger partial charge is 0.492 e. The molecule has 1 saturated heterocycles. The summed E-state index contributed by atoms with van der Waals surface area (Å²) in [6.45, 7) is 4.05. The molecule has 0 radical (unpaired) electrons. The lowest BCUT2D eigenvalue weighted by Crippen LogP contribution is -2.33.